The van der Waals surface area contributed by atoms with Gasteiger partial charge in [-0.25, -0.2) is 0 Å². The van der Waals surface area contributed by atoms with Gasteiger partial charge in [0.15, 0.2) is 0 Å². The van der Waals surface area contributed by atoms with Gasteiger partial charge in [-0.2, -0.15) is 0 Å². The van der Waals surface area contributed by atoms with Crippen LogP contribution in [-0.4, -0.2) is 42.9 Å². The quantitative estimate of drug-likeness (QED) is 0.543. The lowest BCUT2D eigenvalue weighted by Gasteiger charge is -2.43. The minimum absolute atomic E-state index is 0.173. The van der Waals surface area contributed by atoms with Gasteiger partial charge in [-0.3, -0.25) is 9.59 Å². The highest BCUT2D eigenvalue weighted by Crippen LogP contribution is 2.37. The van der Waals surface area contributed by atoms with Crippen LogP contribution >= 0.6 is 0 Å². The standard InChI is InChI=1S/C27H41N3O2/c1-21-18-23(28-26(32)22-8-6-9-22)12-13-25(21)29-16-7-14-27(2,19-29)15-17-30(20-31)24-10-4-3-5-11-24/h12-13,18,20,22,24H,3-11,14-17,19H2,1-2H3,(H,28,32). The largest absolute Gasteiger partial charge is 0.371 e. The average Bonchev–Trinajstić information content (AvgIpc) is 2.74. The van der Waals surface area contributed by atoms with E-state index in [1.807, 2.05) is 0 Å². The van der Waals surface area contributed by atoms with Crippen LogP contribution in [0.3, 0.4) is 0 Å². The van der Waals surface area contributed by atoms with Gasteiger partial charge >= 0.3 is 0 Å². The van der Waals surface area contributed by atoms with Crippen LogP contribution in [0.1, 0.15) is 83.1 Å². The first kappa shape index (κ1) is 23.1. The molecule has 5 heteroatoms. The van der Waals surface area contributed by atoms with E-state index in [1.54, 1.807) is 0 Å². The van der Waals surface area contributed by atoms with Crippen LogP contribution in [0.4, 0.5) is 11.4 Å². The lowest BCUT2D eigenvalue weighted by molar-refractivity contribution is -0.122. The van der Waals surface area contributed by atoms with E-state index in [0.717, 1.165) is 51.0 Å². The molecule has 2 saturated carbocycles. The van der Waals surface area contributed by atoms with Crippen molar-refractivity contribution in [1.82, 2.24) is 4.90 Å². The Hall–Kier alpha value is -2.04. The zero-order chi connectivity index (χ0) is 22.6. The van der Waals surface area contributed by atoms with Crippen LogP contribution in [0.2, 0.25) is 0 Å². The summed E-state index contributed by atoms with van der Waals surface area (Å²) in [6, 6.07) is 6.81. The van der Waals surface area contributed by atoms with E-state index >= 15 is 0 Å². The number of benzene rings is 1. The number of amides is 2. The minimum atomic E-state index is 0.173. The average molecular weight is 440 g/mol. The zero-order valence-electron chi connectivity index (χ0n) is 20.1. The van der Waals surface area contributed by atoms with Gasteiger partial charge in [0.05, 0.1) is 0 Å². The molecule has 2 amide bonds. The van der Waals surface area contributed by atoms with Crippen LogP contribution in [0.25, 0.3) is 0 Å². The summed E-state index contributed by atoms with van der Waals surface area (Å²) in [6.07, 6.45) is 14.0. The first-order valence-corrected chi connectivity index (χ1v) is 12.8. The van der Waals surface area contributed by atoms with Crippen LogP contribution in [0, 0.1) is 18.3 Å². The van der Waals surface area contributed by atoms with E-state index in [-0.39, 0.29) is 17.2 Å². The molecule has 5 nitrogen and oxygen atoms in total. The van der Waals surface area contributed by atoms with Crippen LogP contribution < -0.4 is 10.2 Å². The summed E-state index contributed by atoms with van der Waals surface area (Å²) in [5.41, 5.74) is 3.63. The first-order valence-electron chi connectivity index (χ1n) is 12.8. The molecule has 1 aromatic carbocycles. The van der Waals surface area contributed by atoms with Crippen LogP contribution in [-0.2, 0) is 9.59 Å². The SMILES string of the molecule is Cc1cc(NC(=O)C2CCC2)ccc1N1CCCC(C)(CCN(C=O)C2CCCCC2)C1. The molecule has 0 aromatic heterocycles. The third-order valence-electron chi connectivity index (χ3n) is 8.21. The Morgan fingerprint density at radius 1 is 1.16 bits per heavy atom. The summed E-state index contributed by atoms with van der Waals surface area (Å²) < 4.78 is 0. The number of anilines is 2. The van der Waals surface area contributed by atoms with Gasteiger partial charge in [0.25, 0.3) is 0 Å². The van der Waals surface area contributed by atoms with Crippen molar-refractivity contribution >= 4 is 23.7 Å². The number of hydrogen-bond donors (Lipinski definition) is 1. The van der Waals surface area contributed by atoms with E-state index in [0.29, 0.717) is 6.04 Å². The van der Waals surface area contributed by atoms with Gasteiger partial charge in [0, 0.05) is 43.0 Å². The molecule has 2 aliphatic carbocycles. The van der Waals surface area contributed by atoms with Crippen molar-refractivity contribution in [1.29, 1.82) is 0 Å². The molecule has 3 aliphatic rings. The molecule has 0 bridgehead atoms. The maximum Gasteiger partial charge on any atom is 0.227 e. The van der Waals surface area contributed by atoms with Crippen LogP contribution in [0.5, 0.6) is 0 Å². The van der Waals surface area contributed by atoms with Gasteiger partial charge < -0.3 is 15.1 Å². The smallest absolute Gasteiger partial charge is 0.227 e. The van der Waals surface area contributed by atoms with E-state index in [4.69, 9.17) is 0 Å². The topological polar surface area (TPSA) is 52.7 Å². The molecule has 1 saturated heterocycles. The number of aryl methyl sites for hydroxylation is 1. The second kappa shape index (κ2) is 10.3. The Morgan fingerprint density at radius 2 is 1.94 bits per heavy atom. The predicted molar refractivity (Wildman–Crippen MR) is 131 cm³/mol. The van der Waals surface area contributed by atoms with Gasteiger partial charge in [0.1, 0.15) is 0 Å². The van der Waals surface area contributed by atoms with Crippen molar-refractivity contribution in [3.05, 3.63) is 23.8 Å². The number of carbonyl (C=O) groups excluding carboxylic acids is 2. The van der Waals surface area contributed by atoms with Crippen molar-refractivity contribution in [2.75, 3.05) is 29.9 Å². The molecule has 0 spiro atoms. The molecule has 1 heterocycles. The number of hydrogen-bond acceptors (Lipinski definition) is 3. The number of piperidine rings is 1. The Morgan fingerprint density at radius 3 is 2.59 bits per heavy atom. The fourth-order valence-corrected chi connectivity index (χ4v) is 5.86. The molecule has 1 unspecified atom stereocenters. The van der Waals surface area contributed by atoms with Gasteiger partial charge in [0.2, 0.25) is 12.3 Å². The fourth-order valence-electron chi connectivity index (χ4n) is 5.86. The Bertz CT molecular complexity index is 800. The second-order valence-electron chi connectivity index (χ2n) is 10.8. The van der Waals surface area contributed by atoms with Crippen LogP contribution in [0.15, 0.2) is 18.2 Å². The molecular weight excluding hydrogens is 398 g/mol. The highest BCUT2D eigenvalue weighted by atomic mass is 16.2. The molecule has 4 rings (SSSR count). The normalized spacial score (nSPS) is 24.6. The van der Waals surface area contributed by atoms with Gasteiger partial charge in [-0.05, 0) is 81.0 Å². The maximum atomic E-state index is 12.3. The lowest BCUT2D eigenvalue weighted by atomic mass is 9.78. The fraction of sp³-hybridized carbons (Fsp3) is 0.704. The molecule has 0 radical (unpaired) electrons. The van der Waals surface area contributed by atoms with E-state index in [9.17, 15) is 9.59 Å². The van der Waals surface area contributed by atoms with E-state index in [2.05, 4.69) is 47.2 Å². The molecule has 1 aliphatic heterocycles. The molecule has 1 N–H and O–H groups in total. The predicted octanol–water partition coefficient (Wildman–Crippen LogP) is 5.52. The highest BCUT2D eigenvalue weighted by Gasteiger charge is 2.33. The van der Waals surface area contributed by atoms with Crippen molar-refractivity contribution in [2.24, 2.45) is 11.3 Å². The number of carbonyl (C=O) groups is 2. The zero-order valence-corrected chi connectivity index (χ0v) is 20.1. The summed E-state index contributed by atoms with van der Waals surface area (Å²) in [5, 5.41) is 3.11. The monoisotopic (exact) mass is 439 g/mol. The second-order valence-corrected chi connectivity index (χ2v) is 10.8. The van der Waals surface area contributed by atoms with Crippen molar-refractivity contribution in [3.63, 3.8) is 0 Å². The van der Waals surface area contributed by atoms with Crippen molar-refractivity contribution in [2.45, 2.75) is 90.5 Å². The Labute approximate surface area is 193 Å². The summed E-state index contributed by atoms with van der Waals surface area (Å²) in [4.78, 5) is 28.7. The van der Waals surface area contributed by atoms with Crippen molar-refractivity contribution < 1.29 is 9.59 Å². The summed E-state index contributed by atoms with van der Waals surface area (Å²) in [5.74, 6) is 0.379. The third kappa shape index (κ3) is 5.47. The first-order chi connectivity index (χ1) is 15.5. The lowest BCUT2D eigenvalue weighted by Crippen LogP contribution is -2.45. The molecule has 3 fully saturated rings. The number of nitrogens with one attached hydrogen (secondary N) is 1. The molecule has 176 valence electrons. The minimum Gasteiger partial charge on any atom is -0.371 e. The summed E-state index contributed by atoms with van der Waals surface area (Å²) >= 11 is 0. The summed E-state index contributed by atoms with van der Waals surface area (Å²) in [6.45, 7) is 7.52. The highest BCUT2D eigenvalue weighted by molar-refractivity contribution is 5.93. The summed E-state index contributed by atoms with van der Waals surface area (Å²) in [7, 11) is 0. The molecule has 32 heavy (non-hydrogen) atoms. The third-order valence-corrected chi connectivity index (χ3v) is 8.21. The Kier molecular flexibility index (Phi) is 7.42. The molecule has 1 atom stereocenters. The number of rotatable bonds is 8. The molecule has 1 aromatic rings. The Balaban J connectivity index is 1.35. The van der Waals surface area contributed by atoms with Gasteiger partial charge in [-0.15, -0.1) is 0 Å². The van der Waals surface area contributed by atoms with E-state index in [1.165, 1.54) is 62.6 Å². The van der Waals surface area contributed by atoms with Crippen molar-refractivity contribution in [3.8, 4) is 0 Å². The maximum absolute atomic E-state index is 12.3. The molecular formula is C27H41N3O2. The number of nitrogens with zero attached hydrogens (tertiary/aromatic N) is 2. The van der Waals surface area contributed by atoms with E-state index < -0.39 is 0 Å². The van der Waals surface area contributed by atoms with Gasteiger partial charge in [-0.1, -0.05) is 32.6 Å².